The molecule has 2 amide bonds. The SMILES string of the molecule is O=C(CCC1CCCCC1)NC(=S)NNC(=O)c1ccc(OCc2ccccc2)cc1. The maximum Gasteiger partial charge on any atom is 0.269 e. The Labute approximate surface area is 188 Å². The van der Waals surface area contributed by atoms with Crippen molar-refractivity contribution in [3.05, 3.63) is 65.7 Å². The zero-order valence-corrected chi connectivity index (χ0v) is 18.4. The molecule has 164 valence electrons. The molecule has 0 aromatic heterocycles. The average Bonchev–Trinajstić information content (AvgIpc) is 2.81. The van der Waals surface area contributed by atoms with Crippen LogP contribution >= 0.6 is 12.2 Å². The molecule has 0 unspecified atom stereocenters. The van der Waals surface area contributed by atoms with Gasteiger partial charge in [-0.05, 0) is 54.4 Å². The number of carbonyl (C=O) groups excluding carboxylic acids is 2. The Hall–Kier alpha value is -2.93. The molecule has 1 aliphatic carbocycles. The number of thiocarbonyl (C=S) groups is 1. The van der Waals surface area contributed by atoms with E-state index in [4.69, 9.17) is 17.0 Å². The van der Waals surface area contributed by atoms with Gasteiger partial charge in [-0.1, -0.05) is 62.4 Å². The Morgan fingerprint density at radius 3 is 2.35 bits per heavy atom. The number of carbonyl (C=O) groups is 2. The molecule has 1 fully saturated rings. The summed E-state index contributed by atoms with van der Waals surface area (Å²) < 4.78 is 5.72. The Morgan fingerprint density at radius 2 is 1.65 bits per heavy atom. The highest BCUT2D eigenvalue weighted by atomic mass is 32.1. The van der Waals surface area contributed by atoms with Gasteiger partial charge in [0.05, 0.1) is 0 Å². The number of nitrogens with one attached hydrogen (secondary N) is 3. The van der Waals surface area contributed by atoms with Gasteiger partial charge in [-0.25, -0.2) is 0 Å². The molecule has 1 saturated carbocycles. The molecule has 0 aliphatic heterocycles. The van der Waals surface area contributed by atoms with E-state index in [9.17, 15) is 9.59 Å². The van der Waals surface area contributed by atoms with Crippen molar-refractivity contribution in [2.45, 2.75) is 51.6 Å². The van der Waals surface area contributed by atoms with E-state index in [-0.39, 0.29) is 16.9 Å². The molecular formula is C24H29N3O3S. The van der Waals surface area contributed by atoms with E-state index in [0.717, 1.165) is 12.0 Å². The molecule has 0 atom stereocenters. The molecule has 0 saturated heterocycles. The summed E-state index contributed by atoms with van der Waals surface area (Å²) in [6, 6.07) is 16.7. The van der Waals surface area contributed by atoms with E-state index in [1.165, 1.54) is 32.1 Å². The number of hydrogen-bond donors (Lipinski definition) is 3. The first-order chi connectivity index (χ1) is 15.1. The lowest BCUT2D eigenvalue weighted by Gasteiger charge is -2.21. The largest absolute Gasteiger partial charge is 0.489 e. The Morgan fingerprint density at radius 1 is 0.935 bits per heavy atom. The molecule has 31 heavy (non-hydrogen) atoms. The van der Waals surface area contributed by atoms with Crippen LogP contribution in [0.5, 0.6) is 5.75 Å². The summed E-state index contributed by atoms with van der Waals surface area (Å²) in [5.41, 5.74) is 6.60. The molecule has 0 spiro atoms. The van der Waals surface area contributed by atoms with E-state index in [1.54, 1.807) is 24.3 Å². The average molecular weight is 440 g/mol. The molecule has 3 N–H and O–H groups in total. The van der Waals surface area contributed by atoms with E-state index >= 15 is 0 Å². The van der Waals surface area contributed by atoms with Gasteiger partial charge in [0.25, 0.3) is 5.91 Å². The van der Waals surface area contributed by atoms with Gasteiger partial charge in [0.15, 0.2) is 5.11 Å². The summed E-state index contributed by atoms with van der Waals surface area (Å²) in [6.07, 6.45) is 7.59. The molecule has 2 aromatic rings. The number of hydrogen-bond acceptors (Lipinski definition) is 4. The highest BCUT2D eigenvalue weighted by Gasteiger charge is 2.15. The van der Waals surface area contributed by atoms with Crippen LogP contribution in [0.1, 0.15) is 60.9 Å². The Kier molecular flexibility index (Phi) is 8.84. The van der Waals surface area contributed by atoms with Crippen LogP contribution in [0.25, 0.3) is 0 Å². The van der Waals surface area contributed by atoms with Crippen molar-refractivity contribution in [1.82, 2.24) is 16.2 Å². The first-order valence-electron chi connectivity index (χ1n) is 10.8. The minimum absolute atomic E-state index is 0.0878. The third-order valence-electron chi connectivity index (χ3n) is 5.41. The van der Waals surface area contributed by atoms with Crippen LogP contribution in [-0.4, -0.2) is 16.9 Å². The fraction of sp³-hybridized carbons (Fsp3) is 0.375. The van der Waals surface area contributed by atoms with Crippen molar-refractivity contribution < 1.29 is 14.3 Å². The van der Waals surface area contributed by atoms with Gasteiger partial charge < -0.3 is 10.1 Å². The van der Waals surface area contributed by atoms with Gasteiger partial charge in [-0.15, -0.1) is 0 Å². The van der Waals surface area contributed by atoms with Gasteiger partial charge in [-0.2, -0.15) is 0 Å². The number of ether oxygens (including phenoxy) is 1. The number of hydrazine groups is 1. The van der Waals surface area contributed by atoms with Gasteiger partial charge >= 0.3 is 0 Å². The van der Waals surface area contributed by atoms with Crippen molar-refractivity contribution in [2.75, 3.05) is 0 Å². The normalized spacial score (nSPS) is 13.8. The monoisotopic (exact) mass is 439 g/mol. The predicted molar refractivity (Wildman–Crippen MR) is 124 cm³/mol. The van der Waals surface area contributed by atoms with Crippen molar-refractivity contribution in [2.24, 2.45) is 5.92 Å². The molecular weight excluding hydrogens is 410 g/mol. The molecule has 6 nitrogen and oxygen atoms in total. The molecule has 2 aromatic carbocycles. The highest BCUT2D eigenvalue weighted by molar-refractivity contribution is 7.80. The quantitative estimate of drug-likeness (QED) is 0.444. The zero-order chi connectivity index (χ0) is 21.9. The van der Waals surface area contributed by atoms with E-state index in [2.05, 4.69) is 16.2 Å². The minimum atomic E-state index is -0.353. The fourth-order valence-corrected chi connectivity index (χ4v) is 3.83. The first kappa shape index (κ1) is 22.7. The fourth-order valence-electron chi connectivity index (χ4n) is 3.66. The maximum atomic E-state index is 12.3. The van der Waals surface area contributed by atoms with Crippen LogP contribution in [0.3, 0.4) is 0 Å². The summed E-state index contributed by atoms with van der Waals surface area (Å²) in [6.45, 7) is 0.461. The Balaban J connectivity index is 1.35. The van der Waals surface area contributed by atoms with Gasteiger partial charge in [0, 0.05) is 12.0 Å². The van der Waals surface area contributed by atoms with E-state index in [0.29, 0.717) is 30.3 Å². The Bertz CT molecular complexity index is 865. The lowest BCUT2D eigenvalue weighted by Crippen LogP contribution is -2.48. The maximum absolute atomic E-state index is 12.3. The zero-order valence-electron chi connectivity index (χ0n) is 17.6. The smallest absolute Gasteiger partial charge is 0.269 e. The van der Waals surface area contributed by atoms with Crippen molar-refractivity contribution in [3.63, 3.8) is 0 Å². The van der Waals surface area contributed by atoms with Crippen molar-refractivity contribution in [3.8, 4) is 5.75 Å². The van der Waals surface area contributed by atoms with Gasteiger partial charge in [0.1, 0.15) is 12.4 Å². The second-order valence-corrected chi connectivity index (χ2v) is 8.21. The second-order valence-electron chi connectivity index (χ2n) is 7.80. The summed E-state index contributed by atoms with van der Waals surface area (Å²) in [4.78, 5) is 24.3. The summed E-state index contributed by atoms with van der Waals surface area (Å²) in [5.74, 6) is 0.833. The number of benzene rings is 2. The minimum Gasteiger partial charge on any atom is -0.489 e. The second kappa shape index (κ2) is 12.1. The number of rotatable bonds is 7. The van der Waals surface area contributed by atoms with Gasteiger partial charge in [0.2, 0.25) is 5.91 Å². The lowest BCUT2D eigenvalue weighted by molar-refractivity contribution is -0.120. The van der Waals surface area contributed by atoms with Crippen LogP contribution in [0.15, 0.2) is 54.6 Å². The molecule has 7 heteroatoms. The van der Waals surface area contributed by atoms with Crippen LogP contribution in [-0.2, 0) is 11.4 Å². The van der Waals surface area contributed by atoms with Crippen LogP contribution in [0, 0.1) is 5.92 Å². The van der Waals surface area contributed by atoms with Gasteiger partial charge in [-0.3, -0.25) is 20.4 Å². The molecule has 3 rings (SSSR count). The van der Waals surface area contributed by atoms with Crippen molar-refractivity contribution in [1.29, 1.82) is 0 Å². The lowest BCUT2D eigenvalue weighted by atomic mass is 9.86. The van der Waals surface area contributed by atoms with Crippen LogP contribution in [0.2, 0.25) is 0 Å². The van der Waals surface area contributed by atoms with E-state index in [1.807, 2.05) is 30.3 Å². The molecule has 0 heterocycles. The first-order valence-corrected chi connectivity index (χ1v) is 11.2. The summed E-state index contributed by atoms with van der Waals surface area (Å²) in [7, 11) is 0. The van der Waals surface area contributed by atoms with E-state index < -0.39 is 0 Å². The number of amides is 2. The van der Waals surface area contributed by atoms with Crippen LogP contribution in [0.4, 0.5) is 0 Å². The third-order valence-corrected chi connectivity index (χ3v) is 5.62. The molecule has 1 aliphatic rings. The summed E-state index contributed by atoms with van der Waals surface area (Å²) in [5, 5.41) is 2.70. The highest BCUT2D eigenvalue weighted by Crippen LogP contribution is 2.27. The topological polar surface area (TPSA) is 79.5 Å². The standard InChI is InChI=1S/C24H29N3O3S/c28-22(16-11-18-7-3-1-4-8-18)25-24(31)27-26-23(29)20-12-14-21(15-13-20)30-17-19-9-5-2-6-10-19/h2,5-6,9-10,12-15,18H,1,3-4,7-8,11,16-17H2,(H,26,29)(H2,25,27,28,31). The third kappa shape index (κ3) is 8.02. The van der Waals surface area contributed by atoms with Crippen molar-refractivity contribution >= 4 is 29.1 Å². The molecule has 0 radical (unpaired) electrons. The predicted octanol–water partition coefficient (Wildman–Crippen LogP) is 4.26. The summed E-state index contributed by atoms with van der Waals surface area (Å²) >= 11 is 5.09. The van der Waals surface area contributed by atoms with Crippen LogP contribution < -0.4 is 20.9 Å². The molecule has 0 bridgehead atoms.